The fraction of sp³-hybridized carbons (Fsp3) is 0.714. The minimum Gasteiger partial charge on any atom is -0.349 e. The quantitative estimate of drug-likeness (QED) is 0.499. The van der Waals surface area contributed by atoms with Crippen LogP contribution in [0.25, 0.3) is 0 Å². The van der Waals surface area contributed by atoms with Gasteiger partial charge in [-0.15, -0.1) is 0 Å². The molecule has 0 aliphatic heterocycles. The highest BCUT2D eigenvalue weighted by Gasteiger charge is 2.40. The molecule has 0 aromatic rings. The van der Waals surface area contributed by atoms with Crippen molar-refractivity contribution in [2.75, 3.05) is 14.2 Å². The number of carbonyl (C=O) groups excluding carboxylic acids is 2. The van der Waals surface area contributed by atoms with E-state index in [0.717, 1.165) is 14.2 Å². The van der Waals surface area contributed by atoms with Crippen molar-refractivity contribution in [2.45, 2.75) is 18.9 Å². The van der Waals surface area contributed by atoms with E-state index in [1.54, 1.807) is 0 Å². The van der Waals surface area contributed by atoms with Gasteiger partial charge in [-0.05, 0) is 0 Å². The Bertz CT molecular complexity index is 219. The summed E-state index contributed by atoms with van der Waals surface area (Å²) in [6, 6.07) is 0. The van der Waals surface area contributed by atoms with Gasteiger partial charge in [0.05, 0.1) is 6.42 Å². The molecule has 0 rings (SSSR count). The van der Waals surface area contributed by atoms with E-state index in [2.05, 4.69) is 9.47 Å². The molecule has 0 N–H and O–H groups in total. The Labute approximate surface area is 78.0 Å². The molecule has 0 bridgehead atoms. The first-order valence-corrected chi connectivity index (χ1v) is 3.51. The predicted octanol–water partition coefficient (Wildman–Crippen LogP) is 0.696. The molecule has 0 aliphatic rings. The third-order valence-electron chi connectivity index (χ3n) is 1.34. The molecule has 14 heavy (non-hydrogen) atoms. The van der Waals surface area contributed by atoms with E-state index in [9.17, 15) is 22.8 Å². The lowest BCUT2D eigenvalue weighted by Gasteiger charge is -2.11. The molecule has 0 aromatic heterocycles. The second-order valence-corrected chi connectivity index (χ2v) is 2.37. The summed E-state index contributed by atoms with van der Waals surface area (Å²) in [5.41, 5.74) is 0. The first-order valence-electron chi connectivity index (χ1n) is 3.51. The van der Waals surface area contributed by atoms with E-state index < -0.39 is 30.5 Å². The van der Waals surface area contributed by atoms with Crippen molar-refractivity contribution in [3.8, 4) is 0 Å². The maximum Gasteiger partial charge on any atom is 0.450 e. The standard InChI is InChI=1S/C7H9F3O4/c1-13-6(14-2)4(11)3-5(12)7(8,9)10/h6H,3H2,1-2H3. The normalized spacial score (nSPS) is 11.9. The van der Waals surface area contributed by atoms with Crippen molar-refractivity contribution in [1.29, 1.82) is 0 Å². The van der Waals surface area contributed by atoms with Crippen LogP contribution in [0.5, 0.6) is 0 Å². The Morgan fingerprint density at radius 1 is 1.21 bits per heavy atom. The molecule has 7 heteroatoms. The molecule has 0 aliphatic carbocycles. The van der Waals surface area contributed by atoms with Crippen LogP contribution in [0.15, 0.2) is 0 Å². The molecule has 0 saturated carbocycles. The van der Waals surface area contributed by atoms with Gasteiger partial charge < -0.3 is 9.47 Å². The van der Waals surface area contributed by atoms with Crippen LogP contribution in [0.4, 0.5) is 13.2 Å². The van der Waals surface area contributed by atoms with Gasteiger partial charge in [0.25, 0.3) is 0 Å². The van der Waals surface area contributed by atoms with Gasteiger partial charge in [0.15, 0.2) is 5.78 Å². The lowest BCUT2D eigenvalue weighted by Crippen LogP contribution is -2.32. The van der Waals surface area contributed by atoms with Gasteiger partial charge in [-0.2, -0.15) is 13.2 Å². The highest BCUT2D eigenvalue weighted by atomic mass is 19.4. The lowest BCUT2D eigenvalue weighted by molar-refractivity contribution is -0.176. The first kappa shape index (κ1) is 13.1. The Morgan fingerprint density at radius 2 is 1.64 bits per heavy atom. The average molecular weight is 214 g/mol. The lowest BCUT2D eigenvalue weighted by atomic mass is 10.2. The molecule has 0 fully saturated rings. The van der Waals surface area contributed by atoms with Gasteiger partial charge >= 0.3 is 6.18 Å². The van der Waals surface area contributed by atoms with E-state index in [1.807, 2.05) is 0 Å². The third-order valence-corrected chi connectivity index (χ3v) is 1.34. The summed E-state index contributed by atoms with van der Waals surface area (Å²) in [6.07, 6.45) is -7.70. The fourth-order valence-corrected chi connectivity index (χ4v) is 0.701. The molecule has 0 atom stereocenters. The molecule has 0 heterocycles. The monoisotopic (exact) mass is 214 g/mol. The van der Waals surface area contributed by atoms with Gasteiger partial charge in [0.1, 0.15) is 0 Å². The SMILES string of the molecule is COC(OC)C(=O)CC(=O)C(F)(F)F. The second kappa shape index (κ2) is 5.06. The van der Waals surface area contributed by atoms with E-state index in [-0.39, 0.29) is 0 Å². The summed E-state index contributed by atoms with van der Waals surface area (Å²) in [5, 5.41) is 0. The van der Waals surface area contributed by atoms with Crippen LogP contribution in [-0.2, 0) is 19.1 Å². The number of rotatable bonds is 5. The molecular weight excluding hydrogens is 205 g/mol. The van der Waals surface area contributed by atoms with Gasteiger partial charge in [0, 0.05) is 14.2 Å². The number of alkyl halides is 3. The minimum atomic E-state index is -5.00. The number of methoxy groups -OCH3 is 2. The highest BCUT2D eigenvalue weighted by Crippen LogP contribution is 2.18. The minimum absolute atomic E-state index is 1.06. The molecule has 0 aromatic carbocycles. The highest BCUT2D eigenvalue weighted by molar-refractivity contribution is 6.02. The third kappa shape index (κ3) is 3.84. The van der Waals surface area contributed by atoms with Crippen LogP contribution >= 0.6 is 0 Å². The summed E-state index contributed by atoms with van der Waals surface area (Å²) in [7, 11) is 2.17. The Balaban J connectivity index is 4.26. The summed E-state index contributed by atoms with van der Waals surface area (Å²) in [4.78, 5) is 21.2. The van der Waals surface area contributed by atoms with Crippen molar-refractivity contribution < 1.29 is 32.2 Å². The largest absolute Gasteiger partial charge is 0.450 e. The summed E-state index contributed by atoms with van der Waals surface area (Å²) in [6.45, 7) is 0. The Hall–Kier alpha value is -0.950. The van der Waals surface area contributed by atoms with E-state index in [4.69, 9.17) is 0 Å². The summed E-state index contributed by atoms with van der Waals surface area (Å²) in [5.74, 6) is -3.17. The molecule has 0 radical (unpaired) electrons. The number of carbonyl (C=O) groups is 2. The Kier molecular flexibility index (Phi) is 4.72. The van der Waals surface area contributed by atoms with Crippen LogP contribution < -0.4 is 0 Å². The topological polar surface area (TPSA) is 52.6 Å². The van der Waals surface area contributed by atoms with E-state index in [0.29, 0.717) is 0 Å². The zero-order valence-electron chi connectivity index (χ0n) is 7.55. The average Bonchev–Trinajstić information content (AvgIpc) is 2.04. The van der Waals surface area contributed by atoms with Crippen molar-refractivity contribution in [1.82, 2.24) is 0 Å². The van der Waals surface area contributed by atoms with Crippen LogP contribution in [0.3, 0.4) is 0 Å². The molecule has 0 saturated heterocycles. The van der Waals surface area contributed by atoms with Crippen molar-refractivity contribution in [3.63, 3.8) is 0 Å². The van der Waals surface area contributed by atoms with Gasteiger partial charge in [-0.1, -0.05) is 0 Å². The number of hydrogen-bond acceptors (Lipinski definition) is 4. The van der Waals surface area contributed by atoms with Crippen molar-refractivity contribution >= 4 is 11.6 Å². The van der Waals surface area contributed by atoms with Crippen LogP contribution in [0.1, 0.15) is 6.42 Å². The fourth-order valence-electron chi connectivity index (χ4n) is 0.701. The predicted molar refractivity (Wildman–Crippen MR) is 38.5 cm³/mol. The smallest absolute Gasteiger partial charge is 0.349 e. The molecule has 0 spiro atoms. The van der Waals surface area contributed by atoms with Gasteiger partial charge in [-0.3, -0.25) is 9.59 Å². The number of ketones is 2. The van der Waals surface area contributed by atoms with Crippen LogP contribution in [0, 0.1) is 0 Å². The van der Waals surface area contributed by atoms with Crippen LogP contribution in [0.2, 0.25) is 0 Å². The van der Waals surface area contributed by atoms with Crippen molar-refractivity contribution in [2.24, 2.45) is 0 Å². The summed E-state index contributed by atoms with van der Waals surface area (Å²) < 4.78 is 43.9. The van der Waals surface area contributed by atoms with Crippen molar-refractivity contribution in [3.05, 3.63) is 0 Å². The molecule has 0 amide bonds. The number of ether oxygens (including phenoxy) is 2. The first-order chi connectivity index (χ1) is 6.32. The molecule has 82 valence electrons. The second-order valence-electron chi connectivity index (χ2n) is 2.37. The van der Waals surface area contributed by atoms with Gasteiger partial charge in [-0.25, -0.2) is 0 Å². The molecule has 0 unspecified atom stereocenters. The maximum atomic E-state index is 11.7. The van der Waals surface area contributed by atoms with E-state index >= 15 is 0 Å². The zero-order chi connectivity index (χ0) is 11.4. The number of Topliss-reactive ketones (excluding diaryl/α,β-unsaturated/α-hetero) is 2. The molecule has 4 nitrogen and oxygen atoms in total. The number of halogens is 3. The maximum absolute atomic E-state index is 11.7. The number of hydrogen-bond donors (Lipinski definition) is 0. The van der Waals surface area contributed by atoms with E-state index in [1.165, 1.54) is 0 Å². The van der Waals surface area contributed by atoms with Crippen LogP contribution in [-0.4, -0.2) is 38.3 Å². The van der Waals surface area contributed by atoms with Gasteiger partial charge in [0.2, 0.25) is 12.1 Å². The Morgan fingerprint density at radius 3 is 1.93 bits per heavy atom. The molecular formula is C7H9F3O4. The summed E-state index contributed by atoms with van der Waals surface area (Å²) >= 11 is 0. The zero-order valence-corrected chi connectivity index (χ0v) is 7.55.